The van der Waals surface area contributed by atoms with Crippen molar-refractivity contribution in [1.29, 1.82) is 0 Å². The maximum absolute atomic E-state index is 13.9. The molecule has 0 aromatic heterocycles. The van der Waals surface area contributed by atoms with Crippen LogP contribution in [-0.4, -0.2) is 37.1 Å². The van der Waals surface area contributed by atoms with E-state index in [1.165, 1.54) is 0 Å². The van der Waals surface area contributed by atoms with E-state index in [1.807, 2.05) is 0 Å². The zero-order valence-corrected chi connectivity index (χ0v) is 21.5. The Labute approximate surface area is 232 Å². The van der Waals surface area contributed by atoms with Crippen molar-refractivity contribution in [3.63, 3.8) is 0 Å². The average molecular weight is 670 g/mol. The van der Waals surface area contributed by atoms with E-state index in [0.717, 1.165) is 0 Å². The Morgan fingerprint density at radius 3 is 0.744 bits per heavy atom. The van der Waals surface area contributed by atoms with Crippen LogP contribution >= 0.6 is 0 Å². The van der Waals surface area contributed by atoms with Gasteiger partial charge in [-0.2, -0.15) is 79.0 Å². The zero-order valence-electron chi connectivity index (χ0n) is 21.5. The van der Waals surface area contributed by atoms with Crippen LogP contribution in [0.15, 0.2) is 24.7 Å². The molecule has 1 nitrogen and oxygen atoms in total. The van der Waals surface area contributed by atoms with E-state index in [0.29, 0.717) is 0 Å². The number of rotatable bonds is 6. The van der Waals surface area contributed by atoms with Crippen molar-refractivity contribution in [2.45, 2.75) is 88.4 Å². The molecule has 0 N–H and O–H groups in total. The highest BCUT2D eigenvalue weighted by Gasteiger charge is 2.74. The fourth-order valence-electron chi connectivity index (χ4n) is 5.99. The Morgan fingerprint density at radius 1 is 0.349 bits per heavy atom. The monoisotopic (exact) mass is 670 g/mol. The van der Waals surface area contributed by atoms with Crippen molar-refractivity contribution in [3.05, 3.63) is 24.7 Å². The molecule has 0 aromatic carbocycles. The quantitative estimate of drug-likeness (QED) is 0.202. The molecule has 0 saturated heterocycles. The Kier molecular flexibility index (Phi) is 10.5. The summed E-state index contributed by atoms with van der Waals surface area (Å²) in [5.41, 5.74) is -9.74. The number of hydrogen-bond acceptors (Lipinski definition) is 1. The second-order valence-corrected chi connectivity index (χ2v) is 10.7. The molecule has 0 aliphatic heterocycles. The molecular weight excluding hydrogens is 646 g/mol. The lowest BCUT2D eigenvalue weighted by Gasteiger charge is -2.44. The molecule has 2 saturated carbocycles. The van der Waals surface area contributed by atoms with Crippen LogP contribution in [0.3, 0.4) is 0 Å². The molecule has 0 heterocycles. The smallest absolute Gasteiger partial charge is 0.406 e. The van der Waals surface area contributed by atoms with Gasteiger partial charge >= 0.3 is 37.1 Å². The molecule has 2 aliphatic rings. The predicted molar refractivity (Wildman–Crippen MR) is 111 cm³/mol. The first kappa shape index (κ1) is 37.2. The van der Waals surface area contributed by atoms with Crippen molar-refractivity contribution >= 4 is 0 Å². The summed E-state index contributed by atoms with van der Waals surface area (Å²) < 4.78 is 248. The molecule has 0 atom stereocenters. The molecule has 43 heavy (non-hydrogen) atoms. The SMILES string of the molecule is FC(F)(F)C1CCC(C(C=COC=CC(C2CCC(C(F)(F)F)CC2)(C(F)(F)F)C(F)(F)F)(C(F)(F)F)C(F)(F)F)CC1. The summed E-state index contributed by atoms with van der Waals surface area (Å²) in [7, 11) is 0. The first-order valence-electron chi connectivity index (χ1n) is 12.5. The van der Waals surface area contributed by atoms with Crippen molar-refractivity contribution in [3.8, 4) is 0 Å². The topological polar surface area (TPSA) is 9.23 Å². The first-order chi connectivity index (χ1) is 19.1. The van der Waals surface area contributed by atoms with Gasteiger partial charge in [-0.25, -0.2) is 0 Å². The van der Waals surface area contributed by atoms with Crippen LogP contribution < -0.4 is 0 Å². The Hall–Kier alpha value is -1.98. The van der Waals surface area contributed by atoms with Crippen LogP contribution in [0, 0.1) is 34.5 Å². The lowest BCUT2D eigenvalue weighted by molar-refractivity contribution is -0.343. The highest BCUT2D eigenvalue weighted by molar-refractivity contribution is 5.14. The third-order valence-corrected chi connectivity index (χ3v) is 8.36. The summed E-state index contributed by atoms with van der Waals surface area (Å²) in [6, 6.07) is 0. The van der Waals surface area contributed by atoms with Gasteiger partial charge in [0.05, 0.1) is 24.4 Å². The minimum absolute atomic E-state index is 0.467. The van der Waals surface area contributed by atoms with Crippen LogP contribution in [-0.2, 0) is 4.74 Å². The molecule has 252 valence electrons. The summed E-state index contributed by atoms with van der Waals surface area (Å²) in [6.45, 7) is 0. The minimum Gasteiger partial charge on any atom is -0.473 e. The number of ether oxygens (including phenoxy) is 1. The van der Waals surface area contributed by atoms with Gasteiger partial charge in [0.1, 0.15) is 0 Å². The van der Waals surface area contributed by atoms with Crippen LogP contribution in [0.5, 0.6) is 0 Å². The highest BCUT2D eigenvalue weighted by atomic mass is 19.4. The standard InChI is InChI=1S/C24H24F18O/c25-19(26,27)15-5-1-13(2-6-15)17(21(31,32)33,22(34,35)36)9-11-43-12-10-18(23(37,38)39,24(40,41)42)14-3-7-16(8-4-14)20(28,29)30/h9-16H,1-8H2. The van der Waals surface area contributed by atoms with Gasteiger partial charge in [-0.15, -0.1) is 0 Å². The second-order valence-electron chi connectivity index (χ2n) is 10.7. The maximum atomic E-state index is 13.9. The first-order valence-corrected chi connectivity index (χ1v) is 12.5. The van der Waals surface area contributed by atoms with Gasteiger partial charge in [0.15, 0.2) is 10.8 Å². The minimum atomic E-state index is -6.23. The number of hydrogen-bond donors (Lipinski definition) is 0. The fraction of sp³-hybridized carbons (Fsp3) is 0.833. The molecule has 19 heteroatoms. The normalized spacial score (nSPS) is 26.4. The van der Waals surface area contributed by atoms with Crippen molar-refractivity contribution in [2.24, 2.45) is 34.5 Å². The zero-order chi connectivity index (χ0) is 33.5. The third kappa shape index (κ3) is 7.47. The molecule has 0 amide bonds. The molecule has 0 bridgehead atoms. The van der Waals surface area contributed by atoms with Crippen LogP contribution in [0.2, 0.25) is 0 Å². The van der Waals surface area contributed by atoms with Crippen LogP contribution in [0.25, 0.3) is 0 Å². The van der Waals surface area contributed by atoms with Crippen molar-refractivity contribution < 1.29 is 83.8 Å². The van der Waals surface area contributed by atoms with E-state index in [-0.39, 0.29) is 0 Å². The van der Waals surface area contributed by atoms with Crippen LogP contribution in [0.4, 0.5) is 79.0 Å². The van der Waals surface area contributed by atoms with Gasteiger partial charge in [0.25, 0.3) is 0 Å². The van der Waals surface area contributed by atoms with Gasteiger partial charge in [-0.05, 0) is 75.4 Å². The summed E-state index contributed by atoms with van der Waals surface area (Å²) in [4.78, 5) is 0. The second kappa shape index (κ2) is 12.1. The van der Waals surface area contributed by atoms with Gasteiger partial charge < -0.3 is 4.74 Å². The van der Waals surface area contributed by atoms with E-state index in [9.17, 15) is 79.0 Å². The van der Waals surface area contributed by atoms with Gasteiger partial charge in [-0.1, -0.05) is 0 Å². The Bertz CT molecular complexity index is 853. The van der Waals surface area contributed by atoms with E-state index < -0.39 is 148 Å². The van der Waals surface area contributed by atoms with E-state index in [2.05, 4.69) is 4.74 Å². The highest BCUT2D eigenvalue weighted by Crippen LogP contribution is 2.62. The molecule has 0 spiro atoms. The largest absolute Gasteiger partial charge is 0.473 e. The third-order valence-electron chi connectivity index (χ3n) is 8.36. The van der Waals surface area contributed by atoms with Crippen LogP contribution in [0.1, 0.15) is 51.4 Å². The summed E-state index contributed by atoms with van der Waals surface area (Å²) >= 11 is 0. The Balaban J connectivity index is 2.44. The van der Waals surface area contributed by atoms with E-state index in [1.54, 1.807) is 0 Å². The molecule has 0 aromatic rings. The van der Waals surface area contributed by atoms with E-state index >= 15 is 0 Å². The fourth-order valence-corrected chi connectivity index (χ4v) is 5.99. The summed E-state index contributed by atoms with van der Waals surface area (Å²) in [5, 5.41) is 0. The van der Waals surface area contributed by atoms with Gasteiger partial charge in [-0.3, -0.25) is 0 Å². The molecule has 2 rings (SSSR count). The predicted octanol–water partition coefficient (Wildman–Crippen LogP) is 11.0. The average Bonchev–Trinajstić information content (AvgIpc) is 2.79. The molecular formula is C24H24F18O. The number of alkyl halides is 18. The van der Waals surface area contributed by atoms with Gasteiger partial charge in [0.2, 0.25) is 0 Å². The molecule has 0 radical (unpaired) electrons. The molecule has 2 aliphatic carbocycles. The lowest BCUT2D eigenvalue weighted by atomic mass is 9.65. The molecule has 0 unspecified atom stereocenters. The number of allylic oxidation sites excluding steroid dienone is 2. The lowest BCUT2D eigenvalue weighted by Crippen LogP contribution is -2.55. The summed E-state index contributed by atoms with van der Waals surface area (Å²) in [6.07, 6.45) is -46.4. The van der Waals surface area contributed by atoms with Crippen molar-refractivity contribution in [1.82, 2.24) is 0 Å². The summed E-state index contributed by atoms with van der Waals surface area (Å²) in [5.74, 6) is -9.45. The number of halogens is 18. The van der Waals surface area contributed by atoms with Gasteiger partial charge in [0, 0.05) is 0 Å². The van der Waals surface area contributed by atoms with Crippen molar-refractivity contribution in [2.75, 3.05) is 0 Å². The molecule has 2 fully saturated rings. The maximum Gasteiger partial charge on any atom is 0.406 e. The Morgan fingerprint density at radius 2 is 0.558 bits per heavy atom. The van der Waals surface area contributed by atoms with E-state index in [4.69, 9.17) is 0 Å².